The molecule has 12 heteroatoms. The molecule has 1 aliphatic carbocycles. The lowest BCUT2D eigenvalue weighted by Gasteiger charge is -2.27. The van der Waals surface area contributed by atoms with E-state index >= 15 is 0 Å². The van der Waals surface area contributed by atoms with Gasteiger partial charge in [-0.1, -0.05) is 24.2 Å². The van der Waals surface area contributed by atoms with Crippen LogP contribution in [0, 0.1) is 18.8 Å². The standard InChI is InChI=1S/C22H30N8O4/c1-13(2)11-30-22(25-26-28-30)33-12-18-20(24-27-29(18)4)17-8-9-19(14(3)23-17)34-16-7-5-6-15(10-16)21(31)32/h8-9,13,15-16H,5-7,10-12H2,1-4H3,(H,31,32)/t15-,16-/m0/s1. The maximum atomic E-state index is 11.3. The predicted octanol–water partition coefficient (Wildman–Crippen LogP) is 2.43. The third-order valence-electron chi connectivity index (χ3n) is 5.87. The molecular formula is C22H30N8O4. The first-order valence-electron chi connectivity index (χ1n) is 11.5. The van der Waals surface area contributed by atoms with Gasteiger partial charge in [-0.15, -0.1) is 5.10 Å². The molecule has 0 spiro atoms. The highest BCUT2D eigenvalue weighted by Crippen LogP contribution is 2.30. The van der Waals surface area contributed by atoms with Crippen molar-refractivity contribution in [3.8, 4) is 23.1 Å². The quantitative estimate of drug-likeness (QED) is 0.495. The first-order valence-corrected chi connectivity index (χ1v) is 11.5. The Morgan fingerprint density at radius 1 is 1.24 bits per heavy atom. The van der Waals surface area contributed by atoms with Gasteiger partial charge in [-0.25, -0.2) is 9.67 Å². The third-order valence-corrected chi connectivity index (χ3v) is 5.87. The van der Waals surface area contributed by atoms with Gasteiger partial charge in [0.2, 0.25) is 0 Å². The van der Waals surface area contributed by atoms with Gasteiger partial charge in [-0.3, -0.25) is 4.79 Å². The summed E-state index contributed by atoms with van der Waals surface area (Å²) in [5.41, 5.74) is 2.68. The van der Waals surface area contributed by atoms with Crippen molar-refractivity contribution in [2.75, 3.05) is 0 Å². The average molecular weight is 471 g/mol. The number of pyridine rings is 1. The van der Waals surface area contributed by atoms with Crippen LogP contribution in [0.2, 0.25) is 0 Å². The van der Waals surface area contributed by atoms with Gasteiger partial charge in [0.05, 0.1) is 30.0 Å². The fraction of sp³-hybridized carbons (Fsp3) is 0.591. The fourth-order valence-corrected chi connectivity index (χ4v) is 4.09. The number of rotatable bonds is 9. The molecule has 4 rings (SSSR count). The Morgan fingerprint density at radius 2 is 2.06 bits per heavy atom. The van der Waals surface area contributed by atoms with Gasteiger partial charge in [0, 0.05) is 7.05 Å². The maximum absolute atomic E-state index is 11.3. The number of hydrogen-bond acceptors (Lipinski definition) is 9. The highest BCUT2D eigenvalue weighted by Gasteiger charge is 2.28. The minimum absolute atomic E-state index is 0.126. The number of nitrogens with zero attached hydrogens (tertiary/aromatic N) is 8. The summed E-state index contributed by atoms with van der Waals surface area (Å²) in [6, 6.07) is 4.02. The lowest BCUT2D eigenvalue weighted by molar-refractivity contribution is -0.143. The third kappa shape index (κ3) is 5.32. The van der Waals surface area contributed by atoms with Crippen LogP contribution in [-0.2, 0) is 25.0 Å². The Hall–Kier alpha value is -3.57. The van der Waals surface area contributed by atoms with Gasteiger partial charge in [0.25, 0.3) is 0 Å². The van der Waals surface area contributed by atoms with E-state index in [-0.39, 0.29) is 18.6 Å². The van der Waals surface area contributed by atoms with Crippen molar-refractivity contribution < 1.29 is 19.4 Å². The highest BCUT2D eigenvalue weighted by molar-refractivity contribution is 5.70. The molecule has 0 aromatic carbocycles. The summed E-state index contributed by atoms with van der Waals surface area (Å²) in [4.78, 5) is 16.0. The number of carboxylic acids is 1. The molecule has 3 aromatic rings. The molecule has 1 saturated carbocycles. The van der Waals surface area contributed by atoms with Gasteiger partial charge in [-0.2, -0.15) is 4.68 Å². The van der Waals surface area contributed by atoms with Crippen molar-refractivity contribution in [3.05, 3.63) is 23.5 Å². The van der Waals surface area contributed by atoms with E-state index in [0.29, 0.717) is 54.1 Å². The number of tetrazole rings is 1. The van der Waals surface area contributed by atoms with Gasteiger partial charge < -0.3 is 14.6 Å². The van der Waals surface area contributed by atoms with Crippen LogP contribution in [0.5, 0.6) is 11.8 Å². The molecule has 0 amide bonds. The number of aliphatic carboxylic acids is 1. The normalized spacial score (nSPS) is 18.3. The molecule has 1 N–H and O–H groups in total. The highest BCUT2D eigenvalue weighted by atomic mass is 16.5. The van der Waals surface area contributed by atoms with Crippen LogP contribution in [0.3, 0.4) is 0 Å². The average Bonchev–Trinajstić information content (AvgIpc) is 3.39. The molecule has 182 valence electrons. The molecule has 0 aliphatic heterocycles. The molecule has 3 heterocycles. The summed E-state index contributed by atoms with van der Waals surface area (Å²) in [5, 5.41) is 29.4. The molecule has 0 saturated heterocycles. The molecule has 3 aromatic heterocycles. The van der Waals surface area contributed by atoms with Crippen LogP contribution < -0.4 is 9.47 Å². The molecular weight excluding hydrogens is 440 g/mol. The van der Waals surface area contributed by atoms with E-state index in [1.165, 1.54) is 0 Å². The molecule has 1 fully saturated rings. The number of carbonyl (C=O) groups is 1. The van der Waals surface area contributed by atoms with Crippen LogP contribution in [0.15, 0.2) is 12.1 Å². The van der Waals surface area contributed by atoms with Crippen LogP contribution >= 0.6 is 0 Å². The maximum Gasteiger partial charge on any atom is 0.335 e. The zero-order chi connectivity index (χ0) is 24.2. The van der Waals surface area contributed by atoms with Gasteiger partial charge in [0.1, 0.15) is 23.7 Å². The number of aromatic nitrogens is 8. The molecule has 0 bridgehead atoms. The van der Waals surface area contributed by atoms with Crippen molar-refractivity contribution >= 4 is 5.97 Å². The molecule has 0 unspecified atom stereocenters. The second-order valence-electron chi connectivity index (χ2n) is 9.06. The first kappa shape index (κ1) is 23.6. The zero-order valence-electron chi connectivity index (χ0n) is 19.9. The fourth-order valence-electron chi connectivity index (χ4n) is 4.09. The number of carboxylic acid groups (broad SMARTS) is 1. The Bertz CT molecular complexity index is 1140. The minimum atomic E-state index is -0.755. The molecule has 1 aliphatic rings. The van der Waals surface area contributed by atoms with Crippen molar-refractivity contribution in [1.29, 1.82) is 0 Å². The number of ether oxygens (including phenoxy) is 2. The van der Waals surface area contributed by atoms with E-state index < -0.39 is 5.97 Å². The Kier molecular flexibility index (Phi) is 7.03. The lowest BCUT2D eigenvalue weighted by atomic mass is 9.87. The summed E-state index contributed by atoms with van der Waals surface area (Å²) >= 11 is 0. The number of aryl methyl sites for hydroxylation is 2. The summed E-state index contributed by atoms with van der Waals surface area (Å²) < 4.78 is 15.3. The Labute approximate surface area is 197 Å². The molecule has 0 radical (unpaired) electrons. The van der Waals surface area contributed by atoms with E-state index in [1.54, 1.807) is 16.4 Å². The van der Waals surface area contributed by atoms with Crippen LogP contribution in [-0.4, -0.2) is 57.4 Å². The Morgan fingerprint density at radius 3 is 2.79 bits per heavy atom. The van der Waals surface area contributed by atoms with Crippen LogP contribution in [0.1, 0.15) is 50.9 Å². The van der Waals surface area contributed by atoms with Crippen molar-refractivity contribution in [2.24, 2.45) is 18.9 Å². The molecule has 2 atom stereocenters. The topological polar surface area (TPSA) is 143 Å². The number of hydrogen-bond donors (Lipinski definition) is 1. The van der Waals surface area contributed by atoms with Crippen molar-refractivity contribution in [3.63, 3.8) is 0 Å². The summed E-state index contributed by atoms with van der Waals surface area (Å²) in [5.74, 6) is -0.0882. The molecule has 34 heavy (non-hydrogen) atoms. The molecule has 12 nitrogen and oxygen atoms in total. The van der Waals surface area contributed by atoms with E-state index in [0.717, 1.165) is 18.5 Å². The van der Waals surface area contributed by atoms with Crippen molar-refractivity contribution in [2.45, 2.75) is 65.7 Å². The van der Waals surface area contributed by atoms with Gasteiger partial charge >= 0.3 is 12.0 Å². The first-order chi connectivity index (χ1) is 16.3. The SMILES string of the molecule is Cc1nc(-c2nnn(C)c2COc2nnnn2CC(C)C)ccc1O[C@H]1CCC[C@H](C(=O)O)C1. The van der Waals surface area contributed by atoms with E-state index in [4.69, 9.17) is 9.47 Å². The second-order valence-corrected chi connectivity index (χ2v) is 9.06. The predicted molar refractivity (Wildman–Crippen MR) is 120 cm³/mol. The smallest absolute Gasteiger partial charge is 0.335 e. The summed E-state index contributed by atoms with van der Waals surface area (Å²) in [6.45, 7) is 6.84. The lowest BCUT2D eigenvalue weighted by Crippen LogP contribution is -2.29. The van der Waals surface area contributed by atoms with Gasteiger partial charge in [0.15, 0.2) is 0 Å². The van der Waals surface area contributed by atoms with Crippen LogP contribution in [0.25, 0.3) is 11.4 Å². The van der Waals surface area contributed by atoms with E-state index in [1.807, 2.05) is 19.1 Å². The van der Waals surface area contributed by atoms with E-state index in [9.17, 15) is 9.90 Å². The van der Waals surface area contributed by atoms with Crippen LogP contribution in [0.4, 0.5) is 0 Å². The van der Waals surface area contributed by atoms with Crippen molar-refractivity contribution in [1.82, 2.24) is 40.2 Å². The zero-order valence-corrected chi connectivity index (χ0v) is 19.9. The van der Waals surface area contributed by atoms with Gasteiger partial charge in [-0.05, 0) is 61.1 Å². The minimum Gasteiger partial charge on any atom is -0.489 e. The van der Waals surface area contributed by atoms with E-state index in [2.05, 4.69) is 44.7 Å². The Balaban J connectivity index is 1.47. The second kappa shape index (κ2) is 10.1. The summed E-state index contributed by atoms with van der Waals surface area (Å²) in [7, 11) is 1.79. The largest absolute Gasteiger partial charge is 0.489 e. The summed E-state index contributed by atoms with van der Waals surface area (Å²) in [6.07, 6.45) is 2.77. The monoisotopic (exact) mass is 470 g/mol.